The Labute approximate surface area is 86.5 Å². The number of nitrogens with zero attached hydrogens (tertiary/aromatic N) is 1. The van der Waals surface area contributed by atoms with Gasteiger partial charge in [0.25, 0.3) is 0 Å². The summed E-state index contributed by atoms with van der Waals surface area (Å²) in [7, 11) is 0. The van der Waals surface area contributed by atoms with Crippen molar-refractivity contribution in [3.63, 3.8) is 0 Å². The number of thiocarbonyl (C=S) groups is 1. The van der Waals surface area contributed by atoms with Crippen molar-refractivity contribution < 1.29 is 0 Å². The first-order chi connectivity index (χ1) is 6.09. The molecule has 1 rings (SSSR count). The van der Waals surface area contributed by atoms with Gasteiger partial charge in [-0.2, -0.15) is 0 Å². The Balaban J connectivity index is 2.31. The first-order valence-corrected chi connectivity index (χ1v) is 5.52. The number of hydrogen-bond acceptors (Lipinski definition) is 2. The van der Waals surface area contributed by atoms with Crippen LogP contribution in [0.2, 0.25) is 0 Å². The molecule has 0 radical (unpaired) electrons. The largest absolute Gasteiger partial charge is 0.393 e. The van der Waals surface area contributed by atoms with Crippen LogP contribution in [0, 0.1) is 5.92 Å². The van der Waals surface area contributed by atoms with Crippen molar-refractivity contribution in [3.05, 3.63) is 0 Å². The zero-order valence-electron chi connectivity index (χ0n) is 8.62. The van der Waals surface area contributed by atoms with Gasteiger partial charge in [0.15, 0.2) is 0 Å². The van der Waals surface area contributed by atoms with Crippen molar-refractivity contribution in [3.8, 4) is 0 Å². The van der Waals surface area contributed by atoms with Crippen molar-refractivity contribution in [2.75, 3.05) is 13.1 Å². The van der Waals surface area contributed by atoms with E-state index in [1.807, 2.05) is 0 Å². The molecule has 1 saturated heterocycles. The van der Waals surface area contributed by atoms with Crippen LogP contribution in [0.5, 0.6) is 0 Å². The van der Waals surface area contributed by atoms with Crippen molar-refractivity contribution in [2.45, 2.75) is 39.2 Å². The fourth-order valence-electron chi connectivity index (χ4n) is 1.89. The van der Waals surface area contributed by atoms with E-state index >= 15 is 0 Å². The number of likely N-dealkylation sites (tertiary alicyclic amines) is 1. The lowest BCUT2D eigenvalue weighted by Crippen LogP contribution is -2.41. The van der Waals surface area contributed by atoms with Gasteiger partial charge in [-0.15, -0.1) is 0 Å². The molecule has 0 aliphatic carbocycles. The van der Waals surface area contributed by atoms with Gasteiger partial charge in [0.2, 0.25) is 0 Å². The summed E-state index contributed by atoms with van der Waals surface area (Å²) < 4.78 is 0. The van der Waals surface area contributed by atoms with Crippen LogP contribution in [0.1, 0.15) is 33.1 Å². The van der Waals surface area contributed by atoms with E-state index in [1.54, 1.807) is 0 Å². The summed E-state index contributed by atoms with van der Waals surface area (Å²) in [6, 6.07) is 0.532. The lowest BCUT2D eigenvalue weighted by molar-refractivity contribution is 0.150. The Morgan fingerprint density at radius 2 is 2.08 bits per heavy atom. The maximum atomic E-state index is 5.53. The van der Waals surface area contributed by atoms with Crippen LogP contribution in [0.25, 0.3) is 0 Å². The molecule has 0 aromatic carbocycles. The molecule has 1 aliphatic rings. The van der Waals surface area contributed by atoms with Crippen LogP contribution in [-0.2, 0) is 0 Å². The molecule has 0 spiro atoms. The minimum absolute atomic E-state index is 0.532. The third kappa shape index (κ3) is 3.61. The number of nitrogens with two attached hydrogens (primary N) is 1. The predicted molar refractivity (Wildman–Crippen MR) is 60.8 cm³/mol. The summed E-state index contributed by atoms with van der Waals surface area (Å²) in [6.45, 7) is 6.97. The summed E-state index contributed by atoms with van der Waals surface area (Å²) in [6.07, 6.45) is 3.51. The van der Waals surface area contributed by atoms with E-state index in [2.05, 4.69) is 18.7 Å². The molecule has 3 heteroatoms. The van der Waals surface area contributed by atoms with E-state index in [0.717, 1.165) is 12.3 Å². The highest BCUT2D eigenvalue weighted by atomic mass is 32.1. The van der Waals surface area contributed by atoms with E-state index in [9.17, 15) is 0 Å². The molecule has 0 bridgehead atoms. The fraction of sp³-hybridized carbons (Fsp3) is 0.900. The normalized spacial score (nSPS) is 22.9. The average Bonchev–Trinajstić information content (AvgIpc) is 2.04. The topological polar surface area (TPSA) is 29.3 Å². The molecule has 0 aromatic heterocycles. The summed E-state index contributed by atoms with van der Waals surface area (Å²) in [5.74, 6) is 0.897. The summed E-state index contributed by atoms with van der Waals surface area (Å²) >= 11 is 4.92. The van der Waals surface area contributed by atoms with Crippen LogP contribution in [-0.4, -0.2) is 29.0 Å². The molecule has 13 heavy (non-hydrogen) atoms. The summed E-state index contributed by atoms with van der Waals surface area (Å²) in [5.41, 5.74) is 5.53. The molecule has 1 fully saturated rings. The fourth-order valence-corrected chi connectivity index (χ4v) is 2.13. The quantitative estimate of drug-likeness (QED) is 0.704. The van der Waals surface area contributed by atoms with Gasteiger partial charge in [0.05, 0.1) is 4.99 Å². The van der Waals surface area contributed by atoms with Crippen LogP contribution in [0.15, 0.2) is 0 Å². The number of hydrogen-bond donors (Lipinski definition) is 1. The second-order valence-electron chi connectivity index (χ2n) is 4.24. The van der Waals surface area contributed by atoms with Gasteiger partial charge in [-0.1, -0.05) is 19.1 Å². The average molecular weight is 200 g/mol. The maximum absolute atomic E-state index is 5.53. The van der Waals surface area contributed by atoms with E-state index in [1.165, 1.54) is 25.9 Å². The maximum Gasteiger partial charge on any atom is 0.0742 e. The molecule has 2 N–H and O–H groups in total. The van der Waals surface area contributed by atoms with Crippen LogP contribution >= 0.6 is 12.2 Å². The van der Waals surface area contributed by atoms with Gasteiger partial charge in [-0.3, -0.25) is 0 Å². The molecule has 1 atom stereocenters. The van der Waals surface area contributed by atoms with Crippen LogP contribution in [0.4, 0.5) is 0 Å². The minimum atomic E-state index is 0.532. The van der Waals surface area contributed by atoms with Gasteiger partial charge >= 0.3 is 0 Å². The Bertz CT molecular complexity index is 174. The Morgan fingerprint density at radius 3 is 2.54 bits per heavy atom. The summed E-state index contributed by atoms with van der Waals surface area (Å²) in [4.78, 5) is 3.14. The van der Waals surface area contributed by atoms with Gasteiger partial charge in [-0.25, -0.2) is 0 Å². The molecule has 1 heterocycles. The molecule has 2 nitrogen and oxygen atoms in total. The first-order valence-electron chi connectivity index (χ1n) is 5.12. The highest BCUT2D eigenvalue weighted by Gasteiger charge is 2.20. The zero-order chi connectivity index (χ0) is 9.84. The highest BCUT2D eigenvalue weighted by molar-refractivity contribution is 7.80. The van der Waals surface area contributed by atoms with E-state index in [4.69, 9.17) is 18.0 Å². The molecular weight excluding hydrogens is 180 g/mol. The Kier molecular flexibility index (Phi) is 4.13. The predicted octanol–water partition coefficient (Wildman–Crippen LogP) is 1.78. The van der Waals surface area contributed by atoms with Crippen molar-refractivity contribution in [1.29, 1.82) is 0 Å². The standard InChI is InChI=1S/C10H20N2S/c1-8-3-5-12(6-4-8)9(2)7-10(11)13/h8-9H,3-7H2,1-2H3,(H2,11,13). The minimum Gasteiger partial charge on any atom is -0.393 e. The molecule has 76 valence electrons. The molecule has 1 aliphatic heterocycles. The smallest absolute Gasteiger partial charge is 0.0742 e. The van der Waals surface area contributed by atoms with Gasteiger partial charge in [0.1, 0.15) is 0 Å². The lowest BCUT2D eigenvalue weighted by Gasteiger charge is -2.34. The molecule has 0 amide bonds. The monoisotopic (exact) mass is 200 g/mol. The van der Waals surface area contributed by atoms with E-state index in [-0.39, 0.29) is 0 Å². The second-order valence-corrected chi connectivity index (χ2v) is 4.76. The third-order valence-electron chi connectivity index (χ3n) is 2.94. The third-order valence-corrected chi connectivity index (χ3v) is 3.10. The Morgan fingerprint density at radius 1 is 1.54 bits per heavy atom. The molecular formula is C10H20N2S. The van der Waals surface area contributed by atoms with Gasteiger partial charge in [-0.05, 0) is 38.8 Å². The second kappa shape index (κ2) is 4.91. The van der Waals surface area contributed by atoms with Gasteiger partial charge < -0.3 is 10.6 Å². The van der Waals surface area contributed by atoms with Gasteiger partial charge in [0, 0.05) is 12.5 Å². The van der Waals surface area contributed by atoms with Crippen LogP contribution < -0.4 is 5.73 Å². The zero-order valence-corrected chi connectivity index (χ0v) is 9.44. The number of piperidine rings is 1. The molecule has 1 unspecified atom stereocenters. The SMILES string of the molecule is CC1CCN(C(C)CC(N)=S)CC1. The van der Waals surface area contributed by atoms with E-state index in [0.29, 0.717) is 11.0 Å². The van der Waals surface area contributed by atoms with Crippen molar-refractivity contribution in [1.82, 2.24) is 4.90 Å². The number of rotatable bonds is 3. The van der Waals surface area contributed by atoms with Crippen LogP contribution in [0.3, 0.4) is 0 Å². The molecule has 0 aromatic rings. The molecule has 0 saturated carbocycles. The first kappa shape index (κ1) is 10.9. The lowest BCUT2D eigenvalue weighted by atomic mass is 9.97. The summed E-state index contributed by atoms with van der Waals surface area (Å²) in [5, 5.41) is 0. The highest BCUT2D eigenvalue weighted by Crippen LogP contribution is 2.18. The Hall–Kier alpha value is -0.150. The van der Waals surface area contributed by atoms with Crippen molar-refractivity contribution in [2.24, 2.45) is 11.7 Å². The van der Waals surface area contributed by atoms with E-state index < -0.39 is 0 Å². The van der Waals surface area contributed by atoms with Crippen molar-refractivity contribution >= 4 is 17.2 Å².